The Balaban J connectivity index is 2.61. The van der Waals surface area contributed by atoms with Gasteiger partial charge >= 0.3 is 5.97 Å². The molecule has 15 heavy (non-hydrogen) atoms. The Morgan fingerprint density at radius 3 is 2.60 bits per heavy atom. The first-order chi connectivity index (χ1) is 6.99. The van der Waals surface area contributed by atoms with Crippen LogP contribution in [-0.4, -0.2) is 22.7 Å². The summed E-state index contributed by atoms with van der Waals surface area (Å²) in [6, 6.07) is 0.387. The molecule has 0 radical (unpaired) electrons. The number of carboxylic acids is 1. The van der Waals surface area contributed by atoms with Crippen molar-refractivity contribution in [3.8, 4) is 0 Å². The van der Waals surface area contributed by atoms with Gasteiger partial charge in [-0.15, -0.1) is 0 Å². The molecule has 1 aliphatic rings. The number of nitrogens with one attached hydrogen (secondary N) is 1. The number of hydrogen-bond donors (Lipinski definition) is 2. The number of carbonyl (C=O) groups is 1. The zero-order chi connectivity index (χ0) is 11.5. The average molecular weight is 213 g/mol. The van der Waals surface area contributed by atoms with Crippen molar-refractivity contribution < 1.29 is 9.90 Å². The maximum atomic E-state index is 11.2. The number of hydrogen-bond acceptors (Lipinski definition) is 2. The van der Waals surface area contributed by atoms with E-state index in [2.05, 4.69) is 12.2 Å². The zero-order valence-electron chi connectivity index (χ0n) is 10.0. The van der Waals surface area contributed by atoms with Crippen molar-refractivity contribution in [1.82, 2.24) is 5.32 Å². The molecule has 0 spiro atoms. The Hall–Kier alpha value is -0.570. The fourth-order valence-electron chi connectivity index (χ4n) is 2.51. The Labute approximate surface area is 92.3 Å². The summed E-state index contributed by atoms with van der Waals surface area (Å²) in [7, 11) is 0. The van der Waals surface area contributed by atoms with Crippen molar-refractivity contribution >= 4 is 5.97 Å². The minimum absolute atomic E-state index is 0.387. The summed E-state index contributed by atoms with van der Waals surface area (Å²) in [6.07, 6.45) is 5.16. The van der Waals surface area contributed by atoms with Gasteiger partial charge in [-0.3, -0.25) is 10.1 Å². The summed E-state index contributed by atoms with van der Waals surface area (Å²) >= 11 is 0. The van der Waals surface area contributed by atoms with E-state index >= 15 is 0 Å². The fourth-order valence-corrected chi connectivity index (χ4v) is 2.51. The Morgan fingerprint density at radius 2 is 2.20 bits per heavy atom. The lowest BCUT2D eigenvalue weighted by Crippen LogP contribution is -2.54. The second-order valence-electron chi connectivity index (χ2n) is 5.05. The van der Waals surface area contributed by atoms with Crippen LogP contribution in [0.25, 0.3) is 0 Å². The molecule has 0 bridgehead atoms. The highest BCUT2D eigenvalue weighted by Crippen LogP contribution is 2.27. The minimum atomic E-state index is -0.738. The van der Waals surface area contributed by atoms with Gasteiger partial charge in [-0.1, -0.05) is 26.7 Å². The fraction of sp³-hybridized carbons (Fsp3) is 0.917. The molecule has 1 saturated carbocycles. The maximum absolute atomic E-state index is 11.2. The summed E-state index contributed by atoms with van der Waals surface area (Å²) < 4.78 is 0. The zero-order valence-corrected chi connectivity index (χ0v) is 10.0. The van der Waals surface area contributed by atoms with E-state index in [-0.39, 0.29) is 0 Å². The van der Waals surface area contributed by atoms with Gasteiger partial charge in [-0.25, -0.2) is 0 Å². The predicted molar refractivity (Wildman–Crippen MR) is 60.9 cm³/mol. The van der Waals surface area contributed by atoms with Crippen molar-refractivity contribution in [3.63, 3.8) is 0 Å². The third-order valence-electron chi connectivity index (χ3n) is 3.59. The molecule has 0 saturated heterocycles. The van der Waals surface area contributed by atoms with Crippen molar-refractivity contribution in [2.24, 2.45) is 5.92 Å². The topological polar surface area (TPSA) is 49.3 Å². The molecule has 88 valence electrons. The summed E-state index contributed by atoms with van der Waals surface area (Å²) in [5, 5.41) is 12.6. The van der Waals surface area contributed by atoms with Crippen molar-refractivity contribution in [1.29, 1.82) is 0 Å². The minimum Gasteiger partial charge on any atom is -0.480 e. The van der Waals surface area contributed by atoms with Gasteiger partial charge in [0.05, 0.1) is 0 Å². The van der Waals surface area contributed by atoms with Crippen LogP contribution in [-0.2, 0) is 4.79 Å². The van der Waals surface area contributed by atoms with Crippen LogP contribution in [0.5, 0.6) is 0 Å². The van der Waals surface area contributed by atoms with Crippen LogP contribution in [0.1, 0.15) is 52.9 Å². The first kappa shape index (κ1) is 12.5. The van der Waals surface area contributed by atoms with E-state index in [1.54, 1.807) is 0 Å². The Morgan fingerprint density at radius 1 is 1.53 bits per heavy atom. The third kappa shape index (κ3) is 2.94. The van der Waals surface area contributed by atoms with E-state index in [1.165, 1.54) is 12.8 Å². The third-order valence-corrected chi connectivity index (χ3v) is 3.59. The van der Waals surface area contributed by atoms with Crippen LogP contribution in [0.4, 0.5) is 0 Å². The van der Waals surface area contributed by atoms with E-state index in [4.69, 9.17) is 0 Å². The summed E-state index contributed by atoms with van der Waals surface area (Å²) in [4.78, 5) is 11.2. The quantitative estimate of drug-likeness (QED) is 0.737. The lowest BCUT2D eigenvalue weighted by Gasteiger charge is -2.31. The molecule has 0 aromatic heterocycles. The second-order valence-corrected chi connectivity index (χ2v) is 5.05. The molecule has 1 aliphatic carbocycles. The number of aliphatic carboxylic acids is 1. The highest BCUT2D eigenvalue weighted by molar-refractivity contribution is 5.78. The summed E-state index contributed by atoms with van der Waals surface area (Å²) in [5.74, 6) is -0.107. The van der Waals surface area contributed by atoms with E-state index in [9.17, 15) is 9.90 Å². The number of rotatable bonds is 5. The molecular weight excluding hydrogens is 190 g/mol. The van der Waals surface area contributed by atoms with Crippen LogP contribution in [0.2, 0.25) is 0 Å². The normalized spacial score (nSPS) is 30.1. The van der Waals surface area contributed by atoms with Crippen molar-refractivity contribution in [3.05, 3.63) is 0 Å². The molecule has 0 heterocycles. The molecule has 0 amide bonds. The molecule has 3 unspecified atom stereocenters. The van der Waals surface area contributed by atoms with Gasteiger partial charge in [0.1, 0.15) is 5.54 Å². The van der Waals surface area contributed by atoms with Crippen LogP contribution < -0.4 is 5.32 Å². The SMILES string of the molecule is CCCC(C)(NC1CCCC1C)C(=O)O. The summed E-state index contributed by atoms with van der Waals surface area (Å²) in [6.45, 7) is 6.05. The van der Waals surface area contributed by atoms with Crippen molar-refractivity contribution in [2.75, 3.05) is 0 Å². The van der Waals surface area contributed by atoms with Gasteiger partial charge < -0.3 is 5.11 Å². The molecule has 0 aromatic carbocycles. The molecular formula is C12H23NO2. The molecule has 2 N–H and O–H groups in total. The molecule has 3 atom stereocenters. The molecule has 0 aliphatic heterocycles. The first-order valence-electron chi connectivity index (χ1n) is 6.00. The van der Waals surface area contributed by atoms with Gasteiger partial charge in [0.2, 0.25) is 0 Å². The van der Waals surface area contributed by atoms with Gasteiger partial charge in [0.15, 0.2) is 0 Å². The second kappa shape index (κ2) is 4.97. The van der Waals surface area contributed by atoms with Gasteiger partial charge in [0.25, 0.3) is 0 Å². The molecule has 3 nitrogen and oxygen atoms in total. The lowest BCUT2D eigenvalue weighted by molar-refractivity contribution is -0.145. The Bertz CT molecular complexity index is 230. The lowest BCUT2D eigenvalue weighted by atomic mass is 9.93. The molecule has 3 heteroatoms. The average Bonchev–Trinajstić information content (AvgIpc) is 2.52. The standard InChI is InChI=1S/C12H23NO2/c1-4-8-12(3,11(14)15)13-10-7-5-6-9(10)2/h9-10,13H,4-8H2,1-3H3,(H,14,15). The van der Waals surface area contributed by atoms with E-state index < -0.39 is 11.5 Å². The maximum Gasteiger partial charge on any atom is 0.323 e. The van der Waals surface area contributed by atoms with Gasteiger partial charge in [-0.2, -0.15) is 0 Å². The van der Waals surface area contributed by atoms with E-state index in [1.807, 2.05) is 13.8 Å². The smallest absolute Gasteiger partial charge is 0.323 e. The first-order valence-corrected chi connectivity index (χ1v) is 6.00. The number of carboxylic acid groups (broad SMARTS) is 1. The summed E-state index contributed by atoms with van der Waals surface area (Å²) in [5.41, 5.74) is -0.738. The van der Waals surface area contributed by atoms with Crippen molar-refractivity contribution in [2.45, 2.75) is 64.5 Å². The van der Waals surface area contributed by atoms with E-state index in [0.29, 0.717) is 18.4 Å². The molecule has 1 fully saturated rings. The van der Waals surface area contributed by atoms with Crippen LogP contribution >= 0.6 is 0 Å². The highest BCUT2D eigenvalue weighted by Gasteiger charge is 2.36. The van der Waals surface area contributed by atoms with Gasteiger partial charge in [0, 0.05) is 6.04 Å². The van der Waals surface area contributed by atoms with Crippen LogP contribution in [0.15, 0.2) is 0 Å². The monoisotopic (exact) mass is 213 g/mol. The van der Waals surface area contributed by atoms with E-state index in [0.717, 1.165) is 12.8 Å². The molecule has 1 rings (SSSR count). The van der Waals surface area contributed by atoms with Crippen LogP contribution in [0, 0.1) is 5.92 Å². The molecule has 0 aromatic rings. The van der Waals surface area contributed by atoms with Crippen LogP contribution in [0.3, 0.4) is 0 Å². The Kier molecular flexibility index (Phi) is 4.14. The largest absolute Gasteiger partial charge is 0.480 e. The van der Waals surface area contributed by atoms with Gasteiger partial charge in [-0.05, 0) is 32.1 Å². The predicted octanol–water partition coefficient (Wildman–Crippen LogP) is 2.41. The highest BCUT2D eigenvalue weighted by atomic mass is 16.4.